The minimum Gasteiger partial charge on any atom is -0.372 e. The Hall–Kier alpha value is 0. The highest BCUT2D eigenvalue weighted by Crippen LogP contribution is 2.26. The fourth-order valence-electron chi connectivity index (χ4n) is 1.58. The summed E-state index contributed by atoms with van der Waals surface area (Å²) in [4.78, 5) is 2.23. The van der Waals surface area contributed by atoms with E-state index in [9.17, 15) is 13.2 Å². The Bertz CT molecular complexity index is 197. The first kappa shape index (κ1) is 14.1. The first-order valence-electron chi connectivity index (χ1n) is 5.47. The molecule has 2 nitrogen and oxygen atoms in total. The molecule has 0 saturated heterocycles. The molecule has 0 radical (unpaired) electrons. The van der Waals surface area contributed by atoms with Gasteiger partial charge in [-0.2, -0.15) is 13.2 Å². The van der Waals surface area contributed by atoms with Crippen LogP contribution in [0.1, 0.15) is 19.3 Å². The van der Waals surface area contributed by atoms with Gasteiger partial charge in [0.1, 0.15) is 6.61 Å². The summed E-state index contributed by atoms with van der Waals surface area (Å²) < 4.78 is 39.8. The zero-order valence-electron chi connectivity index (χ0n) is 9.10. The highest BCUT2D eigenvalue weighted by atomic mass is 35.5. The van der Waals surface area contributed by atoms with E-state index < -0.39 is 12.8 Å². The Balaban J connectivity index is 2.00. The number of hydrogen-bond acceptors (Lipinski definition) is 2. The second-order valence-electron chi connectivity index (χ2n) is 3.98. The topological polar surface area (TPSA) is 12.5 Å². The number of alkyl halides is 4. The van der Waals surface area contributed by atoms with Crippen molar-refractivity contribution in [3.05, 3.63) is 0 Å². The minimum absolute atomic E-state index is 0.158. The van der Waals surface area contributed by atoms with Gasteiger partial charge < -0.3 is 4.74 Å². The van der Waals surface area contributed by atoms with Gasteiger partial charge in [-0.3, -0.25) is 4.90 Å². The molecule has 6 heteroatoms. The summed E-state index contributed by atoms with van der Waals surface area (Å²) in [7, 11) is 0. The third-order valence-corrected chi connectivity index (χ3v) is 2.60. The van der Waals surface area contributed by atoms with Crippen LogP contribution in [0.5, 0.6) is 0 Å². The highest BCUT2D eigenvalue weighted by molar-refractivity contribution is 6.18. The molecule has 0 heterocycles. The fraction of sp³-hybridized carbons (Fsp3) is 1.00. The van der Waals surface area contributed by atoms with Crippen molar-refractivity contribution in [2.45, 2.75) is 31.5 Å². The average Bonchev–Trinajstić information content (AvgIpc) is 2.97. The predicted octanol–water partition coefficient (Wildman–Crippen LogP) is 2.66. The molecule has 1 aliphatic carbocycles. The van der Waals surface area contributed by atoms with E-state index in [4.69, 9.17) is 11.6 Å². The lowest BCUT2D eigenvalue weighted by atomic mass is 10.4. The summed E-state index contributed by atoms with van der Waals surface area (Å²) in [5, 5.41) is 0. The molecular weight excluding hydrogens is 243 g/mol. The third kappa shape index (κ3) is 6.55. The largest absolute Gasteiger partial charge is 0.411 e. The molecule has 1 fully saturated rings. The van der Waals surface area contributed by atoms with Gasteiger partial charge in [-0.05, 0) is 19.3 Å². The van der Waals surface area contributed by atoms with Crippen molar-refractivity contribution in [1.82, 2.24) is 4.90 Å². The van der Waals surface area contributed by atoms with Gasteiger partial charge in [0.25, 0.3) is 0 Å². The van der Waals surface area contributed by atoms with Crippen LogP contribution in [-0.2, 0) is 4.74 Å². The maximum Gasteiger partial charge on any atom is 0.411 e. The summed E-state index contributed by atoms with van der Waals surface area (Å²) in [5.74, 6) is 0.569. The third-order valence-electron chi connectivity index (χ3n) is 2.43. The summed E-state index contributed by atoms with van der Waals surface area (Å²) in [6.07, 6.45) is -1.23. The molecule has 1 aliphatic rings. The number of hydrogen-bond donors (Lipinski definition) is 0. The summed E-state index contributed by atoms with van der Waals surface area (Å²) >= 11 is 5.65. The van der Waals surface area contributed by atoms with Gasteiger partial charge in [-0.25, -0.2) is 0 Å². The minimum atomic E-state index is -4.22. The van der Waals surface area contributed by atoms with E-state index >= 15 is 0 Å². The Labute approximate surface area is 98.7 Å². The van der Waals surface area contributed by atoms with E-state index in [2.05, 4.69) is 9.64 Å². The van der Waals surface area contributed by atoms with Crippen LogP contribution in [0.25, 0.3) is 0 Å². The van der Waals surface area contributed by atoms with Gasteiger partial charge in [0.2, 0.25) is 0 Å². The van der Waals surface area contributed by atoms with Gasteiger partial charge in [0.15, 0.2) is 0 Å². The lowest BCUT2D eigenvalue weighted by Crippen LogP contribution is -2.30. The maximum absolute atomic E-state index is 11.7. The van der Waals surface area contributed by atoms with Crippen molar-refractivity contribution in [1.29, 1.82) is 0 Å². The molecule has 0 aromatic carbocycles. The molecule has 16 heavy (non-hydrogen) atoms. The summed E-state index contributed by atoms with van der Waals surface area (Å²) in [6.45, 7) is 0.595. The van der Waals surface area contributed by atoms with Gasteiger partial charge in [-0.15, -0.1) is 11.6 Å². The van der Waals surface area contributed by atoms with Gasteiger partial charge in [0.05, 0.1) is 0 Å². The van der Waals surface area contributed by atoms with E-state index in [1.807, 2.05) is 0 Å². The molecule has 0 spiro atoms. The highest BCUT2D eigenvalue weighted by Gasteiger charge is 2.29. The Morgan fingerprint density at radius 3 is 2.44 bits per heavy atom. The second-order valence-corrected chi connectivity index (χ2v) is 4.36. The van der Waals surface area contributed by atoms with E-state index in [0.717, 1.165) is 13.1 Å². The lowest BCUT2D eigenvalue weighted by molar-refractivity contribution is -0.174. The lowest BCUT2D eigenvalue weighted by Gasteiger charge is -2.20. The summed E-state index contributed by atoms with van der Waals surface area (Å²) in [5.41, 5.74) is 0. The molecule has 0 aliphatic heterocycles. The van der Waals surface area contributed by atoms with Crippen molar-refractivity contribution in [2.24, 2.45) is 0 Å². The quantitative estimate of drug-likeness (QED) is 0.491. The van der Waals surface area contributed by atoms with E-state index in [-0.39, 0.29) is 6.61 Å². The number of rotatable bonds is 8. The van der Waals surface area contributed by atoms with E-state index in [1.54, 1.807) is 0 Å². The molecule has 0 unspecified atom stereocenters. The van der Waals surface area contributed by atoms with Crippen molar-refractivity contribution in [3.63, 3.8) is 0 Å². The van der Waals surface area contributed by atoms with Gasteiger partial charge in [0, 0.05) is 31.6 Å². The van der Waals surface area contributed by atoms with Crippen molar-refractivity contribution >= 4 is 11.6 Å². The number of ether oxygens (including phenoxy) is 1. The van der Waals surface area contributed by atoms with Crippen LogP contribution >= 0.6 is 11.6 Å². The molecule has 0 aromatic heterocycles. The van der Waals surface area contributed by atoms with Gasteiger partial charge in [-0.1, -0.05) is 0 Å². The zero-order valence-corrected chi connectivity index (χ0v) is 9.86. The molecule has 0 amide bonds. The van der Waals surface area contributed by atoms with Crippen LogP contribution in [0, 0.1) is 0 Å². The fourth-order valence-corrected chi connectivity index (χ4v) is 1.80. The molecule has 0 atom stereocenters. The Kier molecular flexibility index (Phi) is 5.86. The van der Waals surface area contributed by atoms with Crippen molar-refractivity contribution in [2.75, 3.05) is 32.2 Å². The summed E-state index contributed by atoms with van der Waals surface area (Å²) in [6, 6.07) is 0.598. The second kappa shape index (κ2) is 6.67. The van der Waals surface area contributed by atoms with Gasteiger partial charge >= 0.3 is 6.18 Å². The number of nitrogens with zero attached hydrogens (tertiary/aromatic N) is 1. The molecule has 1 saturated carbocycles. The first-order valence-corrected chi connectivity index (χ1v) is 6.01. The number of halogens is 4. The monoisotopic (exact) mass is 259 g/mol. The van der Waals surface area contributed by atoms with Crippen molar-refractivity contribution < 1.29 is 17.9 Å². The van der Waals surface area contributed by atoms with Crippen LogP contribution in [0.4, 0.5) is 13.2 Å². The molecule has 0 bridgehead atoms. The van der Waals surface area contributed by atoms with Crippen molar-refractivity contribution in [3.8, 4) is 0 Å². The van der Waals surface area contributed by atoms with E-state index in [1.165, 1.54) is 12.8 Å². The Morgan fingerprint density at radius 1 is 1.25 bits per heavy atom. The normalized spacial score (nSPS) is 17.1. The van der Waals surface area contributed by atoms with E-state index in [0.29, 0.717) is 18.3 Å². The molecular formula is C10H17ClF3NO. The standard InChI is InChI=1S/C10H17ClF3NO/c11-4-6-15(9-2-3-9)5-1-7-16-8-10(12,13)14/h9H,1-8H2. The molecule has 0 aromatic rings. The van der Waals surface area contributed by atoms with Crippen LogP contribution in [0.2, 0.25) is 0 Å². The first-order chi connectivity index (χ1) is 7.53. The maximum atomic E-state index is 11.7. The molecule has 1 rings (SSSR count). The van der Waals surface area contributed by atoms with Crippen LogP contribution in [-0.4, -0.2) is 49.3 Å². The predicted molar refractivity (Wildman–Crippen MR) is 56.8 cm³/mol. The Morgan fingerprint density at radius 2 is 1.94 bits per heavy atom. The molecule has 96 valence electrons. The zero-order chi connectivity index (χ0) is 12.0. The van der Waals surface area contributed by atoms with Crippen LogP contribution in [0.3, 0.4) is 0 Å². The molecule has 0 N–H and O–H groups in total. The van der Waals surface area contributed by atoms with Crippen LogP contribution in [0.15, 0.2) is 0 Å². The SMILES string of the molecule is FC(F)(F)COCCCN(CCCl)C1CC1. The van der Waals surface area contributed by atoms with Crippen LogP contribution < -0.4 is 0 Å². The smallest absolute Gasteiger partial charge is 0.372 e. The average molecular weight is 260 g/mol.